The Labute approximate surface area is 129 Å². The summed E-state index contributed by atoms with van der Waals surface area (Å²) in [7, 11) is -1.36. The lowest BCUT2D eigenvalue weighted by molar-refractivity contribution is -0.149. The minimum Gasteiger partial charge on any atom is -0.462 e. The van der Waals surface area contributed by atoms with Gasteiger partial charge in [-0.2, -0.15) is 0 Å². The van der Waals surface area contributed by atoms with E-state index in [9.17, 15) is 9.00 Å². The lowest BCUT2D eigenvalue weighted by Crippen LogP contribution is -2.39. The van der Waals surface area contributed by atoms with E-state index in [1.54, 1.807) is 13.8 Å². The third-order valence-electron chi connectivity index (χ3n) is 2.74. The molecule has 0 aromatic heterocycles. The van der Waals surface area contributed by atoms with Crippen molar-refractivity contribution in [1.29, 1.82) is 0 Å². The monoisotopic (exact) mass is 311 g/mol. The number of hydrogen-bond donors (Lipinski definition) is 1. The summed E-state index contributed by atoms with van der Waals surface area (Å²) >= 11 is 0. The molecule has 0 aliphatic rings. The maximum Gasteiger partial charge on any atom is 0.328 e. The first-order chi connectivity index (χ1) is 9.61. The summed E-state index contributed by atoms with van der Waals surface area (Å²) in [5, 5.41) is 0. The van der Waals surface area contributed by atoms with E-state index in [0.717, 1.165) is 11.1 Å². The van der Waals surface area contributed by atoms with Gasteiger partial charge in [-0.15, -0.1) is 0 Å². The van der Waals surface area contributed by atoms with Crippen LogP contribution in [0.5, 0.6) is 0 Å². The molecule has 0 aliphatic carbocycles. The van der Waals surface area contributed by atoms with Crippen molar-refractivity contribution in [3.63, 3.8) is 0 Å². The highest BCUT2D eigenvalue weighted by atomic mass is 32.2. The predicted octanol–water partition coefficient (Wildman–Crippen LogP) is 3.04. The summed E-state index contributed by atoms with van der Waals surface area (Å²) in [6.07, 6.45) is -0.213. The summed E-state index contributed by atoms with van der Waals surface area (Å²) < 4.78 is 20.0. The number of carbonyl (C=O) groups is 1. The SMILES string of the molecule is Cc1cccc([C@@H](N[S@@](=O)C(C)(C)C)C(=O)OC(C)C)c1. The molecule has 0 unspecified atom stereocenters. The zero-order valence-electron chi connectivity index (χ0n) is 13.6. The zero-order chi connectivity index (χ0) is 16.2. The van der Waals surface area contributed by atoms with Crippen molar-refractivity contribution in [2.45, 2.75) is 58.4 Å². The van der Waals surface area contributed by atoms with Crippen LogP contribution >= 0.6 is 0 Å². The van der Waals surface area contributed by atoms with Gasteiger partial charge < -0.3 is 4.74 Å². The number of carbonyl (C=O) groups excluding carboxylic acids is 1. The Bertz CT molecular complexity index is 520. The molecule has 0 heterocycles. The van der Waals surface area contributed by atoms with Crippen LogP contribution in [0.4, 0.5) is 0 Å². The van der Waals surface area contributed by atoms with Gasteiger partial charge in [0.15, 0.2) is 0 Å². The number of benzene rings is 1. The van der Waals surface area contributed by atoms with Gasteiger partial charge in [0.25, 0.3) is 0 Å². The average Bonchev–Trinajstić information content (AvgIpc) is 2.33. The zero-order valence-corrected chi connectivity index (χ0v) is 14.4. The Morgan fingerprint density at radius 1 is 1.29 bits per heavy atom. The maximum atomic E-state index is 12.3. The summed E-state index contributed by atoms with van der Waals surface area (Å²) in [5.41, 5.74) is 1.80. The summed E-state index contributed by atoms with van der Waals surface area (Å²) in [4.78, 5) is 12.3. The molecule has 0 aliphatic heterocycles. The number of esters is 1. The van der Waals surface area contributed by atoms with E-state index in [2.05, 4.69) is 4.72 Å². The number of nitrogens with one attached hydrogen (secondary N) is 1. The van der Waals surface area contributed by atoms with Crippen LogP contribution in [0.15, 0.2) is 24.3 Å². The highest BCUT2D eigenvalue weighted by molar-refractivity contribution is 7.84. The molecule has 0 fully saturated rings. The van der Waals surface area contributed by atoms with Crippen LogP contribution in [0.1, 0.15) is 51.8 Å². The molecule has 1 N–H and O–H groups in total. The van der Waals surface area contributed by atoms with Crippen molar-refractivity contribution in [2.75, 3.05) is 0 Å². The Morgan fingerprint density at radius 3 is 2.38 bits per heavy atom. The molecule has 0 spiro atoms. The first kappa shape index (κ1) is 17.9. The van der Waals surface area contributed by atoms with Crippen LogP contribution in [0.3, 0.4) is 0 Å². The van der Waals surface area contributed by atoms with Gasteiger partial charge in [-0.3, -0.25) is 0 Å². The smallest absolute Gasteiger partial charge is 0.328 e. The minimum atomic E-state index is -1.36. The van der Waals surface area contributed by atoms with E-state index < -0.39 is 27.7 Å². The van der Waals surface area contributed by atoms with Crippen LogP contribution < -0.4 is 4.72 Å². The molecule has 0 bridgehead atoms. The molecule has 0 amide bonds. The minimum absolute atomic E-state index is 0.213. The molecule has 1 aromatic rings. The van der Waals surface area contributed by atoms with E-state index >= 15 is 0 Å². The summed E-state index contributed by atoms with van der Waals surface area (Å²) in [5.74, 6) is -0.409. The van der Waals surface area contributed by atoms with Crippen molar-refractivity contribution < 1.29 is 13.7 Å². The molecular formula is C16H25NO3S. The van der Waals surface area contributed by atoms with Gasteiger partial charge >= 0.3 is 5.97 Å². The fourth-order valence-corrected chi connectivity index (χ4v) is 2.49. The van der Waals surface area contributed by atoms with Gasteiger partial charge in [0.05, 0.1) is 21.8 Å². The second-order valence-electron chi connectivity index (χ2n) is 6.33. The number of aryl methyl sites for hydroxylation is 1. The van der Waals surface area contributed by atoms with Crippen LogP contribution in [-0.4, -0.2) is 21.0 Å². The standard InChI is InChI=1S/C16H25NO3S/c1-11(2)20-15(18)14(17-21(19)16(4,5)6)13-9-7-8-12(3)10-13/h7-11,14,17H,1-6H3/t14-,21+/m1/s1. The van der Waals surface area contributed by atoms with E-state index in [1.807, 2.05) is 52.0 Å². The molecular weight excluding hydrogens is 286 g/mol. The molecule has 0 saturated carbocycles. The van der Waals surface area contributed by atoms with Gasteiger partial charge in [-0.25, -0.2) is 13.7 Å². The van der Waals surface area contributed by atoms with Crippen molar-refractivity contribution in [3.8, 4) is 0 Å². The number of hydrogen-bond acceptors (Lipinski definition) is 3. The topological polar surface area (TPSA) is 55.4 Å². The first-order valence-corrected chi connectivity index (χ1v) is 8.21. The predicted molar refractivity (Wildman–Crippen MR) is 86.2 cm³/mol. The lowest BCUT2D eigenvalue weighted by Gasteiger charge is -2.24. The highest BCUT2D eigenvalue weighted by Crippen LogP contribution is 2.20. The average molecular weight is 311 g/mol. The summed E-state index contributed by atoms with van der Waals surface area (Å²) in [6.45, 7) is 11.1. The Hall–Kier alpha value is -1.20. The molecule has 1 rings (SSSR count). The molecule has 4 nitrogen and oxygen atoms in total. The maximum absolute atomic E-state index is 12.3. The van der Waals surface area contributed by atoms with E-state index in [-0.39, 0.29) is 6.10 Å². The molecule has 5 heteroatoms. The van der Waals surface area contributed by atoms with Crippen LogP contribution in [0.25, 0.3) is 0 Å². The molecule has 2 atom stereocenters. The largest absolute Gasteiger partial charge is 0.462 e. The second-order valence-corrected chi connectivity index (χ2v) is 8.33. The molecule has 1 aromatic carbocycles. The second kappa shape index (κ2) is 7.18. The van der Waals surface area contributed by atoms with E-state index in [1.165, 1.54) is 0 Å². The Balaban J connectivity index is 3.06. The van der Waals surface area contributed by atoms with Crippen LogP contribution in [0.2, 0.25) is 0 Å². The quantitative estimate of drug-likeness (QED) is 0.850. The van der Waals surface area contributed by atoms with Gasteiger partial charge in [0.1, 0.15) is 6.04 Å². The van der Waals surface area contributed by atoms with Crippen LogP contribution in [0, 0.1) is 6.92 Å². The molecule has 118 valence electrons. The molecule has 21 heavy (non-hydrogen) atoms. The van der Waals surface area contributed by atoms with E-state index in [4.69, 9.17) is 4.74 Å². The fraction of sp³-hybridized carbons (Fsp3) is 0.562. The lowest BCUT2D eigenvalue weighted by atomic mass is 10.1. The van der Waals surface area contributed by atoms with Gasteiger partial charge in [-0.05, 0) is 47.1 Å². The third kappa shape index (κ3) is 5.59. The molecule has 0 radical (unpaired) electrons. The van der Waals surface area contributed by atoms with Gasteiger partial charge in [0.2, 0.25) is 0 Å². The number of ether oxygens (including phenoxy) is 1. The fourth-order valence-electron chi connectivity index (χ4n) is 1.69. The highest BCUT2D eigenvalue weighted by Gasteiger charge is 2.29. The van der Waals surface area contributed by atoms with Crippen molar-refractivity contribution in [1.82, 2.24) is 4.72 Å². The van der Waals surface area contributed by atoms with Gasteiger partial charge in [-0.1, -0.05) is 29.8 Å². The third-order valence-corrected chi connectivity index (χ3v) is 4.31. The van der Waals surface area contributed by atoms with Crippen molar-refractivity contribution >= 4 is 17.0 Å². The summed E-state index contributed by atoms with van der Waals surface area (Å²) in [6, 6.07) is 6.84. The first-order valence-electron chi connectivity index (χ1n) is 7.06. The van der Waals surface area contributed by atoms with E-state index in [0.29, 0.717) is 0 Å². The Kier molecular flexibility index (Phi) is 6.10. The number of rotatable bonds is 5. The molecule has 0 saturated heterocycles. The van der Waals surface area contributed by atoms with Gasteiger partial charge in [0, 0.05) is 0 Å². The van der Waals surface area contributed by atoms with Crippen molar-refractivity contribution in [3.05, 3.63) is 35.4 Å². The normalized spacial score (nSPS) is 14.8. The van der Waals surface area contributed by atoms with Crippen molar-refractivity contribution in [2.24, 2.45) is 0 Å². The van der Waals surface area contributed by atoms with Crippen LogP contribution in [-0.2, 0) is 20.5 Å². The Morgan fingerprint density at radius 2 is 1.90 bits per heavy atom.